The lowest BCUT2D eigenvalue weighted by Gasteiger charge is -2.23. The molecule has 0 fully saturated rings. The zero-order chi connectivity index (χ0) is 12.3. The molecule has 0 saturated carbocycles. The Morgan fingerprint density at radius 2 is 2.06 bits per heavy atom. The van der Waals surface area contributed by atoms with Crippen LogP contribution < -0.4 is 5.32 Å². The molecule has 17 heavy (non-hydrogen) atoms. The Kier molecular flexibility index (Phi) is 3.78. The topological polar surface area (TPSA) is 65.6 Å². The van der Waals surface area contributed by atoms with Crippen LogP contribution in [0.3, 0.4) is 0 Å². The van der Waals surface area contributed by atoms with E-state index in [2.05, 4.69) is 5.32 Å². The maximum atomic E-state index is 9.45. The normalized spacial score (nSPS) is 15.0. The first-order chi connectivity index (χ1) is 8.30. The van der Waals surface area contributed by atoms with Gasteiger partial charge in [-0.3, -0.25) is 0 Å². The number of fused-ring (bicyclic) bond motifs is 1. The highest BCUT2D eigenvalue weighted by Crippen LogP contribution is 2.24. The number of nitrogens with one attached hydrogen (secondary N) is 1. The van der Waals surface area contributed by atoms with Gasteiger partial charge in [0.15, 0.2) is 0 Å². The lowest BCUT2D eigenvalue weighted by molar-refractivity contribution is 0.182. The first-order valence-corrected chi connectivity index (χ1v) is 5.66. The smallest absolute Gasteiger partial charge is 0.134 e. The van der Waals surface area contributed by atoms with E-state index in [1.807, 2.05) is 24.3 Å². The fourth-order valence-electron chi connectivity index (χ4n) is 2.09. The number of benzene rings is 1. The van der Waals surface area contributed by atoms with Crippen molar-refractivity contribution in [2.24, 2.45) is 0 Å². The molecule has 2 unspecified atom stereocenters. The first-order valence-electron chi connectivity index (χ1n) is 5.66. The van der Waals surface area contributed by atoms with Gasteiger partial charge in [0.1, 0.15) is 5.58 Å². The van der Waals surface area contributed by atoms with Gasteiger partial charge in [0.05, 0.1) is 19.5 Å². The van der Waals surface area contributed by atoms with Crippen molar-refractivity contribution in [3.63, 3.8) is 0 Å². The Bertz CT molecular complexity index is 476. The van der Waals surface area contributed by atoms with Crippen molar-refractivity contribution in [2.45, 2.75) is 12.0 Å². The van der Waals surface area contributed by atoms with E-state index >= 15 is 0 Å². The Labute approximate surface area is 99.9 Å². The molecule has 0 aliphatic rings. The zero-order valence-corrected chi connectivity index (χ0v) is 9.76. The van der Waals surface area contributed by atoms with Gasteiger partial charge >= 0.3 is 0 Å². The minimum Gasteiger partial charge on any atom is -0.464 e. The molecule has 0 bridgehead atoms. The molecule has 1 aromatic carbocycles. The molecule has 3 N–H and O–H groups in total. The Morgan fingerprint density at radius 1 is 1.24 bits per heavy atom. The van der Waals surface area contributed by atoms with Crippen LogP contribution in [0.2, 0.25) is 0 Å². The molecular weight excluding hydrogens is 218 g/mol. The van der Waals surface area contributed by atoms with Gasteiger partial charge in [-0.1, -0.05) is 12.1 Å². The third-order valence-electron chi connectivity index (χ3n) is 3.16. The molecule has 0 amide bonds. The van der Waals surface area contributed by atoms with Crippen molar-refractivity contribution in [1.82, 2.24) is 5.32 Å². The van der Waals surface area contributed by atoms with Gasteiger partial charge < -0.3 is 19.9 Å². The highest BCUT2D eigenvalue weighted by molar-refractivity contribution is 5.77. The van der Waals surface area contributed by atoms with Crippen molar-refractivity contribution in [2.75, 3.05) is 20.3 Å². The molecule has 1 aromatic heterocycles. The number of likely N-dealkylation sites (N-methyl/N-ethyl adjacent to an activating group) is 1. The number of rotatable bonds is 5. The van der Waals surface area contributed by atoms with Crippen LogP contribution in [0.25, 0.3) is 11.0 Å². The second-order valence-electron chi connectivity index (χ2n) is 4.08. The van der Waals surface area contributed by atoms with Gasteiger partial charge in [-0.2, -0.15) is 0 Å². The van der Waals surface area contributed by atoms with Gasteiger partial charge in [-0.05, 0) is 24.7 Å². The van der Waals surface area contributed by atoms with Gasteiger partial charge in [0.25, 0.3) is 0 Å². The van der Waals surface area contributed by atoms with Crippen LogP contribution in [0.4, 0.5) is 0 Å². The van der Waals surface area contributed by atoms with Crippen LogP contribution in [-0.2, 0) is 0 Å². The fourth-order valence-corrected chi connectivity index (χ4v) is 2.09. The summed E-state index contributed by atoms with van der Waals surface area (Å²) in [5.74, 6) is -0.139. The Balaban J connectivity index is 2.34. The Hall–Kier alpha value is -1.36. The molecule has 0 aliphatic carbocycles. The highest BCUT2D eigenvalue weighted by Gasteiger charge is 2.20. The maximum Gasteiger partial charge on any atom is 0.134 e. The molecule has 2 aromatic rings. The summed E-state index contributed by atoms with van der Waals surface area (Å²) in [5, 5.41) is 22.8. The monoisotopic (exact) mass is 235 g/mol. The second kappa shape index (κ2) is 5.31. The van der Waals surface area contributed by atoms with E-state index in [0.717, 1.165) is 16.5 Å². The molecule has 92 valence electrons. The number of aliphatic hydroxyl groups is 2. The molecule has 0 saturated heterocycles. The summed E-state index contributed by atoms with van der Waals surface area (Å²) < 4.78 is 5.34. The van der Waals surface area contributed by atoms with Crippen LogP contribution in [0, 0.1) is 0 Å². The minimum absolute atomic E-state index is 0.0156. The van der Waals surface area contributed by atoms with E-state index in [1.165, 1.54) is 0 Å². The SMILES string of the molecule is CNC(CO)C(CO)c1ccc2ccoc2c1. The molecule has 1 heterocycles. The third-order valence-corrected chi connectivity index (χ3v) is 3.16. The number of aliphatic hydroxyl groups excluding tert-OH is 2. The largest absolute Gasteiger partial charge is 0.464 e. The standard InChI is InChI=1S/C13H17NO3/c1-14-12(8-16)11(7-15)10-3-2-9-4-5-17-13(9)6-10/h2-6,11-12,14-16H,7-8H2,1H3. The lowest BCUT2D eigenvalue weighted by atomic mass is 9.92. The summed E-state index contributed by atoms with van der Waals surface area (Å²) in [6, 6.07) is 7.57. The summed E-state index contributed by atoms with van der Waals surface area (Å²) in [5.41, 5.74) is 1.76. The molecular formula is C13H17NO3. The lowest BCUT2D eigenvalue weighted by Crippen LogP contribution is -2.37. The molecule has 0 aliphatic heterocycles. The molecule has 4 heteroatoms. The van der Waals surface area contributed by atoms with Gasteiger partial charge in [-0.15, -0.1) is 0 Å². The average Bonchev–Trinajstić information content (AvgIpc) is 2.82. The maximum absolute atomic E-state index is 9.45. The molecule has 2 atom stereocenters. The van der Waals surface area contributed by atoms with Crippen LogP contribution in [0.5, 0.6) is 0 Å². The summed E-state index contributed by atoms with van der Waals surface area (Å²) in [6.45, 7) is -0.0315. The molecule has 4 nitrogen and oxygen atoms in total. The van der Waals surface area contributed by atoms with E-state index in [-0.39, 0.29) is 25.2 Å². The summed E-state index contributed by atoms with van der Waals surface area (Å²) in [7, 11) is 1.77. The first kappa shape index (κ1) is 12.1. The predicted octanol–water partition coefficient (Wildman–Crippen LogP) is 1.09. The Morgan fingerprint density at radius 3 is 2.71 bits per heavy atom. The van der Waals surface area contributed by atoms with Crippen LogP contribution in [0.15, 0.2) is 34.9 Å². The van der Waals surface area contributed by atoms with Crippen LogP contribution in [0.1, 0.15) is 11.5 Å². The highest BCUT2D eigenvalue weighted by atomic mass is 16.3. The van der Waals surface area contributed by atoms with Crippen molar-refractivity contribution in [1.29, 1.82) is 0 Å². The van der Waals surface area contributed by atoms with Crippen molar-refractivity contribution >= 4 is 11.0 Å². The van der Waals surface area contributed by atoms with Crippen molar-refractivity contribution in [3.8, 4) is 0 Å². The van der Waals surface area contributed by atoms with Crippen molar-refractivity contribution < 1.29 is 14.6 Å². The molecule has 0 spiro atoms. The minimum atomic E-state index is -0.160. The van der Waals surface area contributed by atoms with E-state index in [4.69, 9.17) is 4.42 Å². The average molecular weight is 235 g/mol. The quantitative estimate of drug-likeness (QED) is 0.726. The van der Waals surface area contributed by atoms with Crippen LogP contribution >= 0.6 is 0 Å². The summed E-state index contributed by atoms with van der Waals surface area (Å²) in [6.07, 6.45) is 1.64. The second-order valence-corrected chi connectivity index (χ2v) is 4.08. The third kappa shape index (κ3) is 2.34. The van der Waals surface area contributed by atoms with Gasteiger partial charge in [0.2, 0.25) is 0 Å². The summed E-state index contributed by atoms with van der Waals surface area (Å²) >= 11 is 0. The number of furan rings is 1. The number of hydrogen-bond donors (Lipinski definition) is 3. The van der Waals surface area contributed by atoms with Gasteiger partial charge in [0, 0.05) is 17.3 Å². The predicted molar refractivity (Wildman–Crippen MR) is 66.0 cm³/mol. The van der Waals surface area contributed by atoms with Crippen LogP contribution in [-0.4, -0.2) is 36.5 Å². The van der Waals surface area contributed by atoms with Crippen molar-refractivity contribution in [3.05, 3.63) is 36.1 Å². The zero-order valence-electron chi connectivity index (χ0n) is 9.76. The molecule has 2 rings (SSSR count). The fraction of sp³-hybridized carbons (Fsp3) is 0.385. The van der Waals surface area contributed by atoms with E-state index in [0.29, 0.717) is 0 Å². The van der Waals surface area contributed by atoms with E-state index in [9.17, 15) is 10.2 Å². The van der Waals surface area contributed by atoms with E-state index in [1.54, 1.807) is 13.3 Å². The summed E-state index contributed by atoms with van der Waals surface area (Å²) in [4.78, 5) is 0. The van der Waals surface area contributed by atoms with Gasteiger partial charge in [-0.25, -0.2) is 0 Å². The molecule has 0 radical (unpaired) electrons. The number of hydrogen-bond acceptors (Lipinski definition) is 4. The van der Waals surface area contributed by atoms with E-state index < -0.39 is 0 Å².